The van der Waals surface area contributed by atoms with Crippen LogP contribution in [0.25, 0.3) is 5.57 Å². The molecule has 0 N–H and O–H groups in total. The van der Waals surface area contributed by atoms with E-state index in [9.17, 15) is 9.18 Å². The summed E-state index contributed by atoms with van der Waals surface area (Å²) in [6.07, 6.45) is 18.5. The monoisotopic (exact) mass is 506 g/mol. The molecule has 1 aromatic heterocycles. The van der Waals surface area contributed by atoms with Gasteiger partial charge in [-0.1, -0.05) is 37.6 Å². The largest absolute Gasteiger partial charge is 0.462 e. The van der Waals surface area contributed by atoms with Crippen LogP contribution in [0.1, 0.15) is 77.2 Å². The molecule has 5 heteroatoms. The van der Waals surface area contributed by atoms with Crippen LogP contribution in [0.5, 0.6) is 0 Å². The number of allylic oxidation sites excluding steroid dienone is 3. The van der Waals surface area contributed by atoms with Gasteiger partial charge in [0.2, 0.25) is 0 Å². The van der Waals surface area contributed by atoms with E-state index in [4.69, 9.17) is 4.74 Å². The summed E-state index contributed by atoms with van der Waals surface area (Å²) in [7, 11) is 0. The number of aromatic nitrogens is 1. The topological polar surface area (TPSA) is 42.4 Å². The predicted octanol–water partition coefficient (Wildman–Crippen LogP) is 6.63. The number of carbonyl (C=O) groups excluding carboxylic acids is 1. The Morgan fingerprint density at radius 3 is 2.65 bits per heavy atom. The summed E-state index contributed by atoms with van der Waals surface area (Å²) < 4.78 is 18.8. The highest BCUT2D eigenvalue weighted by Gasteiger charge is 2.57. The second kappa shape index (κ2) is 9.94. The Morgan fingerprint density at radius 1 is 1.08 bits per heavy atom. The first-order valence-corrected chi connectivity index (χ1v) is 14.7. The Kier molecular flexibility index (Phi) is 6.79. The Labute approximate surface area is 221 Å². The summed E-state index contributed by atoms with van der Waals surface area (Å²) in [4.78, 5) is 19.5. The molecule has 4 unspecified atom stereocenters. The van der Waals surface area contributed by atoms with Gasteiger partial charge in [-0.3, -0.25) is 9.78 Å². The number of carbonyl (C=O) groups is 1. The zero-order valence-corrected chi connectivity index (χ0v) is 22.6. The first-order chi connectivity index (χ1) is 17.9. The fraction of sp³-hybridized carbons (Fsp3) is 0.688. The van der Waals surface area contributed by atoms with Crippen molar-refractivity contribution in [3.63, 3.8) is 0 Å². The number of ether oxygens (including phenoxy) is 1. The molecule has 1 aliphatic heterocycles. The van der Waals surface area contributed by atoms with Crippen LogP contribution in [0.3, 0.4) is 0 Å². The third-order valence-corrected chi connectivity index (χ3v) is 11.2. The minimum absolute atomic E-state index is 0.0174. The van der Waals surface area contributed by atoms with E-state index in [1.54, 1.807) is 5.57 Å². The number of nitrogens with zero attached hydrogens (tertiary/aromatic N) is 2. The molecule has 4 nitrogen and oxygen atoms in total. The van der Waals surface area contributed by atoms with Gasteiger partial charge in [-0.25, -0.2) is 4.39 Å². The molecule has 1 saturated heterocycles. The van der Waals surface area contributed by atoms with Crippen molar-refractivity contribution in [2.24, 2.45) is 34.5 Å². The zero-order valence-electron chi connectivity index (χ0n) is 22.6. The number of alkyl halides is 1. The predicted molar refractivity (Wildman–Crippen MR) is 144 cm³/mol. The number of likely N-dealkylation sites (tertiary alicyclic amines) is 1. The van der Waals surface area contributed by atoms with Crippen LogP contribution in [0.15, 0.2) is 42.3 Å². The molecule has 0 aromatic carbocycles. The Hall–Kier alpha value is -2.01. The first-order valence-electron chi connectivity index (χ1n) is 14.7. The molecule has 200 valence electrons. The maximum absolute atomic E-state index is 13.0. The van der Waals surface area contributed by atoms with Crippen LogP contribution in [-0.2, 0) is 9.53 Å². The highest BCUT2D eigenvalue weighted by Crippen LogP contribution is 2.66. The van der Waals surface area contributed by atoms with Crippen LogP contribution in [0, 0.1) is 34.5 Å². The number of pyridine rings is 1. The van der Waals surface area contributed by atoms with Gasteiger partial charge in [-0.15, -0.1) is 0 Å². The van der Waals surface area contributed by atoms with Crippen molar-refractivity contribution in [2.75, 3.05) is 26.3 Å². The minimum Gasteiger partial charge on any atom is -0.462 e. The number of rotatable bonds is 5. The van der Waals surface area contributed by atoms with Gasteiger partial charge in [0.15, 0.2) is 0 Å². The fourth-order valence-electron chi connectivity index (χ4n) is 9.04. The lowest BCUT2D eigenvalue weighted by Gasteiger charge is -2.58. The van der Waals surface area contributed by atoms with Gasteiger partial charge < -0.3 is 9.64 Å². The van der Waals surface area contributed by atoms with E-state index in [2.05, 4.69) is 48.0 Å². The SMILES string of the molecule is CC12CCC(OC(=O)C3CCN(CCF)CC3)CC1=CCC1[C@@H]2CCC2(C)C(c3cccnc3)=CC[C@@H]12. The van der Waals surface area contributed by atoms with Crippen LogP contribution in [0.4, 0.5) is 4.39 Å². The molecule has 0 amide bonds. The third kappa shape index (κ3) is 4.39. The average molecular weight is 507 g/mol. The third-order valence-electron chi connectivity index (χ3n) is 11.2. The van der Waals surface area contributed by atoms with Crippen LogP contribution >= 0.6 is 0 Å². The summed E-state index contributed by atoms with van der Waals surface area (Å²) in [6, 6.07) is 4.30. The van der Waals surface area contributed by atoms with Gasteiger partial charge in [0.25, 0.3) is 0 Å². The lowest BCUT2D eigenvalue weighted by molar-refractivity contribution is -0.158. The Morgan fingerprint density at radius 2 is 1.89 bits per heavy atom. The number of piperidine rings is 1. The van der Waals surface area contributed by atoms with Crippen molar-refractivity contribution in [3.8, 4) is 0 Å². The van der Waals surface area contributed by atoms with Crippen LogP contribution < -0.4 is 0 Å². The quantitative estimate of drug-likeness (QED) is 0.332. The number of hydrogen-bond donors (Lipinski definition) is 0. The smallest absolute Gasteiger partial charge is 0.309 e. The highest BCUT2D eigenvalue weighted by atomic mass is 19.1. The first kappa shape index (κ1) is 25.3. The molecule has 3 fully saturated rings. The summed E-state index contributed by atoms with van der Waals surface area (Å²) in [6.45, 7) is 6.81. The van der Waals surface area contributed by atoms with E-state index in [0.29, 0.717) is 12.5 Å². The van der Waals surface area contributed by atoms with Gasteiger partial charge >= 0.3 is 5.97 Å². The second-order valence-corrected chi connectivity index (χ2v) is 12.9. The molecule has 1 aromatic rings. The maximum Gasteiger partial charge on any atom is 0.309 e. The summed E-state index contributed by atoms with van der Waals surface area (Å²) >= 11 is 0. The maximum atomic E-state index is 13.0. The average Bonchev–Trinajstić information content (AvgIpc) is 3.27. The van der Waals surface area contributed by atoms with Gasteiger partial charge in [0.1, 0.15) is 12.8 Å². The van der Waals surface area contributed by atoms with Crippen LogP contribution in [-0.4, -0.2) is 48.3 Å². The molecule has 0 spiro atoms. The summed E-state index contributed by atoms with van der Waals surface area (Å²) in [5.41, 5.74) is 4.87. The van der Waals surface area contributed by atoms with Gasteiger partial charge in [0, 0.05) is 25.4 Å². The number of fused-ring (bicyclic) bond motifs is 5. The van der Waals surface area contributed by atoms with E-state index in [0.717, 1.165) is 63.5 Å². The standard InChI is InChI=1S/C32H43FN2O2/c1-31-13-9-25(37-30(36)22-11-17-35(18-12-22)19-15-33)20-24(31)5-6-26-28-8-7-27(23-4-3-16-34-21-23)32(28,2)14-10-29(26)31/h3-5,7,16,21-22,25-26,28-29H,6,8-15,17-20H2,1-2H3/t25?,26?,28-,29-,31?,32?/m0/s1. The molecule has 6 rings (SSSR count). The van der Waals surface area contributed by atoms with E-state index in [1.165, 1.54) is 30.4 Å². The van der Waals surface area contributed by atoms with Crippen molar-refractivity contribution in [1.29, 1.82) is 0 Å². The molecule has 5 aliphatic rings. The van der Waals surface area contributed by atoms with Crippen molar-refractivity contribution >= 4 is 11.5 Å². The lowest BCUT2D eigenvalue weighted by atomic mass is 9.47. The molecule has 4 aliphatic carbocycles. The molecular weight excluding hydrogens is 463 g/mol. The normalized spacial score (nSPS) is 38.1. The molecular formula is C32H43FN2O2. The highest BCUT2D eigenvalue weighted by molar-refractivity contribution is 5.73. The molecule has 0 bridgehead atoms. The summed E-state index contributed by atoms with van der Waals surface area (Å²) in [5, 5.41) is 0. The number of halogens is 1. The van der Waals surface area contributed by atoms with Crippen molar-refractivity contribution in [2.45, 2.75) is 77.7 Å². The van der Waals surface area contributed by atoms with Gasteiger partial charge in [-0.05, 0) is 110 Å². The number of hydrogen-bond acceptors (Lipinski definition) is 4. The van der Waals surface area contributed by atoms with Crippen molar-refractivity contribution < 1.29 is 13.9 Å². The molecule has 6 atom stereocenters. The fourth-order valence-corrected chi connectivity index (χ4v) is 9.04. The van der Waals surface area contributed by atoms with Crippen LogP contribution in [0.2, 0.25) is 0 Å². The van der Waals surface area contributed by atoms with E-state index in [1.807, 2.05) is 12.4 Å². The summed E-state index contributed by atoms with van der Waals surface area (Å²) in [5.74, 6) is 2.12. The zero-order chi connectivity index (χ0) is 25.6. The second-order valence-electron chi connectivity index (χ2n) is 12.9. The molecule has 0 radical (unpaired) electrons. The molecule has 2 heterocycles. The van der Waals surface area contributed by atoms with Crippen molar-refractivity contribution in [3.05, 3.63) is 47.8 Å². The lowest BCUT2D eigenvalue weighted by Crippen LogP contribution is -2.50. The minimum atomic E-state index is -0.310. The van der Waals surface area contributed by atoms with E-state index in [-0.39, 0.29) is 35.5 Å². The molecule has 37 heavy (non-hydrogen) atoms. The van der Waals surface area contributed by atoms with Crippen molar-refractivity contribution in [1.82, 2.24) is 9.88 Å². The van der Waals surface area contributed by atoms with Gasteiger partial charge in [-0.2, -0.15) is 0 Å². The Bertz CT molecular complexity index is 1060. The van der Waals surface area contributed by atoms with Gasteiger partial charge in [0.05, 0.1) is 5.92 Å². The van der Waals surface area contributed by atoms with E-state index < -0.39 is 0 Å². The number of esters is 1. The van der Waals surface area contributed by atoms with E-state index >= 15 is 0 Å². The molecule has 2 saturated carbocycles. The Balaban J connectivity index is 1.11.